The predicted molar refractivity (Wildman–Crippen MR) is 196 cm³/mol. The van der Waals surface area contributed by atoms with Gasteiger partial charge in [0.25, 0.3) is 0 Å². The maximum Gasteiger partial charge on any atom is 0.315 e. The van der Waals surface area contributed by atoms with Crippen molar-refractivity contribution < 1.29 is 19.4 Å². The topological polar surface area (TPSA) is 96.0 Å². The van der Waals surface area contributed by atoms with Crippen LogP contribution < -0.4 is 10.6 Å². The molecule has 50 heavy (non-hydrogen) atoms. The van der Waals surface area contributed by atoms with Crippen molar-refractivity contribution in [1.82, 2.24) is 20.5 Å². The highest BCUT2D eigenvalue weighted by Crippen LogP contribution is 2.42. The molecule has 3 N–H and O–H groups in total. The maximum atomic E-state index is 12.5. The van der Waals surface area contributed by atoms with E-state index in [1.165, 1.54) is 0 Å². The van der Waals surface area contributed by atoms with E-state index in [-0.39, 0.29) is 30.8 Å². The van der Waals surface area contributed by atoms with Gasteiger partial charge >= 0.3 is 6.03 Å². The maximum absolute atomic E-state index is 12.5. The third kappa shape index (κ3) is 9.43. The first-order valence-electron chi connectivity index (χ1n) is 17.3. The van der Waals surface area contributed by atoms with Gasteiger partial charge < -0.3 is 30.1 Å². The fourth-order valence-corrected chi connectivity index (χ4v) is 6.33. The summed E-state index contributed by atoms with van der Waals surface area (Å²) in [6.07, 6.45) is 1.85. The molecule has 5 aromatic rings. The van der Waals surface area contributed by atoms with E-state index in [4.69, 9.17) is 9.47 Å². The summed E-state index contributed by atoms with van der Waals surface area (Å²) in [7, 11) is 2.13. The molecule has 1 aliphatic rings. The normalized spacial score (nSPS) is 18.9. The van der Waals surface area contributed by atoms with Crippen LogP contribution in [-0.4, -0.2) is 47.3 Å². The third-order valence-corrected chi connectivity index (χ3v) is 9.26. The Morgan fingerprint density at radius 3 is 2.20 bits per heavy atom. The number of benzene rings is 4. The number of aliphatic hydroxyl groups excluding tert-OH is 1. The number of aromatic nitrogens is 1. The molecule has 0 unspecified atom stereocenters. The number of nitrogens with one attached hydrogen (secondary N) is 2. The Morgan fingerprint density at radius 2 is 1.46 bits per heavy atom. The largest absolute Gasteiger partial charge is 0.392 e. The minimum Gasteiger partial charge on any atom is -0.392 e. The van der Waals surface area contributed by atoms with Crippen molar-refractivity contribution in [1.29, 1.82) is 0 Å². The average molecular weight is 671 g/mol. The highest BCUT2D eigenvalue weighted by Gasteiger charge is 2.38. The van der Waals surface area contributed by atoms with E-state index in [1.807, 2.05) is 79.0 Å². The first-order valence-corrected chi connectivity index (χ1v) is 17.3. The van der Waals surface area contributed by atoms with Crippen LogP contribution >= 0.6 is 0 Å². The Hall–Kier alpha value is -4.86. The SMILES string of the molecule is C[C@@H]1[C@H](CN(C)CCc2ccccn2)O[C@H](c2cccc(-c3cccc(CNC(=O)NCc4ccccc4)c3)c2)O[C@@H]1c1ccc(CO)cc1. The minimum absolute atomic E-state index is 0.00228. The van der Waals surface area contributed by atoms with Crippen LogP contribution in [0.2, 0.25) is 0 Å². The van der Waals surface area contributed by atoms with Crippen molar-refractivity contribution in [3.63, 3.8) is 0 Å². The molecule has 1 saturated heterocycles. The van der Waals surface area contributed by atoms with Gasteiger partial charge in [0.05, 0.1) is 18.8 Å². The monoisotopic (exact) mass is 670 g/mol. The first kappa shape index (κ1) is 35.0. The van der Waals surface area contributed by atoms with E-state index < -0.39 is 6.29 Å². The summed E-state index contributed by atoms with van der Waals surface area (Å²) < 4.78 is 13.5. The number of hydrogen-bond donors (Lipinski definition) is 3. The molecule has 0 aliphatic carbocycles. The van der Waals surface area contributed by atoms with Gasteiger partial charge in [-0.1, -0.05) is 104 Å². The molecule has 1 aliphatic heterocycles. The van der Waals surface area contributed by atoms with Crippen LogP contribution in [0.1, 0.15) is 52.8 Å². The fraction of sp³-hybridized carbons (Fsp3) is 0.286. The molecule has 2 amide bonds. The van der Waals surface area contributed by atoms with Gasteiger partial charge in [-0.25, -0.2) is 4.79 Å². The van der Waals surface area contributed by atoms with E-state index in [0.29, 0.717) is 13.1 Å². The lowest BCUT2D eigenvalue weighted by molar-refractivity contribution is -0.275. The van der Waals surface area contributed by atoms with Gasteiger partial charge in [0.2, 0.25) is 0 Å². The number of ether oxygens (including phenoxy) is 2. The van der Waals surface area contributed by atoms with Crippen molar-refractivity contribution in [2.24, 2.45) is 5.92 Å². The van der Waals surface area contributed by atoms with Gasteiger partial charge in [-0.3, -0.25) is 4.98 Å². The summed E-state index contributed by atoms with van der Waals surface area (Å²) in [5.41, 5.74) is 8.08. The van der Waals surface area contributed by atoms with Crippen LogP contribution in [0.15, 0.2) is 128 Å². The number of carbonyl (C=O) groups is 1. The van der Waals surface area contributed by atoms with Crippen molar-refractivity contribution >= 4 is 6.03 Å². The van der Waals surface area contributed by atoms with Gasteiger partial charge in [-0.15, -0.1) is 0 Å². The number of likely N-dealkylation sites (N-methyl/N-ethyl adjacent to an activating group) is 1. The molecule has 4 atom stereocenters. The number of rotatable bonds is 13. The molecule has 6 rings (SSSR count). The van der Waals surface area contributed by atoms with Gasteiger partial charge in [0.1, 0.15) is 0 Å². The van der Waals surface area contributed by atoms with E-state index in [2.05, 4.69) is 83.0 Å². The second-order valence-electron chi connectivity index (χ2n) is 13.0. The fourth-order valence-electron chi connectivity index (χ4n) is 6.33. The van der Waals surface area contributed by atoms with Gasteiger partial charge in [-0.05, 0) is 64.7 Å². The number of carbonyl (C=O) groups excluding carboxylic acids is 1. The number of pyridine rings is 1. The van der Waals surface area contributed by atoms with Crippen LogP contribution in [-0.2, 0) is 35.6 Å². The standard InChI is InChI=1S/C42H46N4O4/c1-30-39(28-46(2)23-21-38-16-6-7-22-43-38)49-41(50-40(30)34-19-17-32(29-47)18-20-34)37-15-9-14-36(25-37)35-13-8-12-33(24-35)27-45-42(48)44-26-31-10-4-3-5-11-31/h3-20,22,24-25,30,39-41,47H,21,23,26-29H2,1-2H3,(H2,44,45,48)/t30-,39+,40+,41+/m1/s1. The lowest BCUT2D eigenvalue weighted by Gasteiger charge is -2.42. The second kappa shape index (κ2) is 17.2. The zero-order valence-corrected chi connectivity index (χ0v) is 28.7. The van der Waals surface area contributed by atoms with Crippen LogP contribution in [0.4, 0.5) is 4.79 Å². The number of urea groups is 1. The summed E-state index contributed by atoms with van der Waals surface area (Å²) in [5.74, 6) is 0.0841. The summed E-state index contributed by atoms with van der Waals surface area (Å²) in [5, 5.41) is 15.5. The smallest absolute Gasteiger partial charge is 0.315 e. The summed E-state index contributed by atoms with van der Waals surface area (Å²) in [4.78, 5) is 19.3. The molecule has 0 spiro atoms. The average Bonchev–Trinajstić information content (AvgIpc) is 3.17. The van der Waals surface area contributed by atoms with Crippen molar-refractivity contribution in [3.8, 4) is 11.1 Å². The number of hydrogen-bond acceptors (Lipinski definition) is 6. The Kier molecular flexibility index (Phi) is 12.0. The molecule has 8 heteroatoms. The number of aliphatic hydroxyl groups is 1. The Morgan fingerprint density at radius 1 is 0.760 bits per heavy atom. The first-order chi connectivity index (χ1) is 24.4. The molecular formula is C42H46N4O4. The van der Waals surface area contributed by atoms with Crippen molar-refractivity contribution in [2.75, 3.05) is 20.1 Å². The van der Waals surface area contributed by atoms with Gasteiger partial charge in [0.15, 0.2) is 6.29 Å². The molecule has 4 aromatic carbocycles. The van der Waals surface area contributed by atoms with Crippen molar-refractivity contribution in [2.45, 2.75) is 51.5 Å². The summed E-state index contributed by atoms with van der Waals surface area (Å²) in [6.45, 7) is 4.68. The molecule has 2 heterocycles. The molecule has 1 fully saturated rings. The van der Waals surface area contributed by atoms with Gasteiger partial charge in [0, 0.05) is 56.0 Å². The third-order valence-electron chi connectivity index (χ3n) is 9.26. The summed E-state index contributed by atoms with van der Waals surface area (Å²) in [6, 6.07) is 40.2. The quantitative estimate of drug-likeness (QED) is 0.123. The van der Waals surface area contributed by atoms with E-state index >= 15 is 0 Å². The van der Waals surface area contributed by atoms with E-state index in [0.717, 1.165) is 64.1 Å². The predicted octanol–water partition coefficient (Wildman–Crippen LogP) is 7.21. The lowest BCUT2D eigenvalue weighted by atomic mass is 9.90. The molecule has 0 radical (unpaired) electrons. The lowest BCUT2D eigenvalue weighted by Crippen LogP contribution is -2.43. The molecule has 0 saturated carbocycles. The molecule has 0 bridgehead atoms. The second-order valence-corrected chi connectivity index (χ2v) is 13.0. The van der Waals surface area contributed by atoms with E-state index in [1.54, 1.807) is 0 Å². The summed E-state index contributed by atoms with van der Waals surface area (Å²) >= 11 is 0. The zero-order chi connectivity index (χ0) is 34.7. The van der Waals surface area contributed by atoms with Crippen LogP contribution in [0, 0.1) is 5.92 Å². The number of amides is 2. The van der Waals surface area contributed by atoms with Crippen LogP contribution in [0.5, 0.6) is 0 Å². The Balaban J connectivity index is 1.16. The zero-order valence-electron chi connectivity index (χ0n) is 28.7. The van der Waals surface area contributed by atoms with Crippen LogP contribution in [0.25, 0.3) is 11.1 Å². The van der Waals surface area contributed by atoms with E-state index in [9.17, 15) is 9.90 Å². The Bertz CT molecular complexity index is 1800. The van der Waals surface area contributed by atoms with Crippen LogP contribution in [0.3, 0.4) is 0 Å². The molecule has 8 nitrogen and oxygen atoms in total. The Labute approximate surface area is 295 Å². The highest BCUT2D eigenvalue weighted by molar-refractivity contribution is 5.74. The number of nitrogens with zero attached hydrogens (tertiary/aromatic N) is 2. The van der Waals surface area contributed by atoms with Crippen molar-refractivity contribution in [3.05, 3.63) is 161 Å². The highest BCUT2D eigenvalue weighted by atomic mass is 16.7. The van der Waals surface area contributed by atoms with Gasteiger partial charge in [-0.2, -0.15) is 0 Å². The molecule has 1 aromatic heterocycles. The molecular weight excluding hydrogens is 624 g/mol. The minimum atomic E-state index is -0.569. The molecule has 258 valence electrons.